The molecule has 0 amide bonds. The van der Waals surface area contributed by atoms with E-state index in [0.29, 0.717) is 0 Å². The first-order valence-corrected chi connectivity index (χ1v) is 5.71. The zero-order chi connectivity index (χ0) is 11.6. The highest BCUT2D eigenvalue weighted by molar-refractivity contribution is 7.89. The summed E-state index contributed by atoms with van der Waals surface area (Å²) in [6.45, 7) is 0. The summed E-state index contributed by atoms with van der Waals surface area (Å²) in [6.07, 6.45) is 0. The number of aromatic carboxylic acids is 1. The largest absolute Gasteiger partial charge is 0.478 e. The fourth-order valence-electron chi connectivity index (χ4n) is 0.952. The lowest BCUT2D eigenvalue weighted by atomic mass is 10.2. The van der Waals surface area contributed by atoms with Crippen LogP contribution in [0.25, 0.3) is 0 Å². The first-order chi connectivity index (χ1) is 6.88. The van der Waals surface area contributed by atoms with Gasteiger partial charge in [0.15, 0.2) is 0 Å². The van der Waals surface area contributed by atoms with Crippen molar-refractivity contribution in [1.82, 2.24) is 4.72 Å². The molecular formula is C8H8ClNO4S. The number of benzene rings is 1. The molecule has 0 aliphatic carbocycles. The predicted octanol–water partition coefficient (Wildman–Crippen LogP) is 0.946. The third-order valence-electron chi connectivity index (χ3n) is 1.74. The molecule has 0 radical (unpaired) electrons. The summed E-state index contributed by atoms with van der Waals surface area (Å²) in [7, 11) is -2.51. The van der Waals surface area contributed by atoms with E-state index in [2.05, 4.69) is 4.72 Å². The van der Waals surface area contributed by atoms with Gasteiger partial charge in [-0.05, 0) is 25.2 Å². The zero-order valence-corrected chi connectivity index (χ0v) is 9.26. The van der Waals surface area contributed by atoms with Crippen LogP contribution in [0.1, 0.15) is 10.4 Å². The molecule has 7 heteroatoms. The van der Waals surface area contributed by atoms with Crippen LogP contribution in [-0.4, -0.2) is 26.5 Å². The summed E-state index contributed by atoms with van der Waals surface area (Å²) in [5, 5.41) is 8.66. The van der Waals surface area contributed by atoms with E-state index in [4.69, 9.17) is 16.7 Å². The van der Waals surface area contributed by atoms with Crippen LogP contribution >= 0.6 is 11.6 Å². The first kappa shape index (κ1) is 12.0. The van der Waals surface area contributed by atoms with Crippen molar-refractivity contribution in [2.45, 2.75) is 4.90 Å². The van der Waals surface area contributed by atoms with Gasteiger partial charge in [0.2, 0.25) is 10.0 Å². The Labute approximate surface area is 91.7 Å². The highest BCUT2D eigenvalue weighted by Gasteiger charge is 2.17. The van der Waals surface area contributed by atoms with Crippen LogP contribution in [0.5, 0.6) is 0 Å². The lowest BCUT2D eigenvalue weighted by Crippen LogP contribution is -2.19. The number of carboxylic acid groups (broad SMARTS) is 1. The van der Waals surface area contributed by atoms with E-state index in [9.17, 15) is 13.2 Å². The SMILES string of the molecule is CNS(=O)(=O)c1cc(C(=O)O)ccc1Cl. The molecule has 1 aromatic rings. The number of rotatable bonds is 3. The molecular weight excluding hydrogens is 242 g/mol. The van der Waals surface area contributed by atoms with Gasteiger partial charge in [-0.3, -0.25) is 0 Å². The van der Waals surface area contributed by atoms with E-state index < -0.39 is 16.0 Å². The van der Waals surface area contributed by atoms with E-state index in [1.54, 1.807) is 0 Å². The Kier molecular flexibility index (Phi) is 3.33. The van der Waals surface area contributed by atoms with Gasteiger partial charge in [0.1, 0.15) is 4.90 Å². The van der Waals surface area contributed by atoms with Crippen LogP contribution in [0.3, 0.4) is 0 Å². The fourth-order valence-corrected chi connectivity index (χ4v) is 2.20. The average molecular weight is 250 g/mol. The van der Waals surface area contributed by atoms with Gasteiger partial charge in [0, 0.05) is 0 Å². The molecule has 15 heavy (non-hydrogen) atoms. The van der Waals surface area contributed by atoms with Crippen molar-refractivity contribution in [2.24, 2.45) is 0 Å². The van der Waals surface area contributed by atoms with Crippen molar-refractivity contribution < 1.29 is 18.3 Å². The fraction of sp³-hybridized carbons (Fsp3) is 0.125. The summed E-state index contributed by atoms with van der Waals surface area (Å²) >= 11 is 5.65. The molecule has 0 fully saturated rings. The smallest absolute Gasteiger partial charge is 0.335 e. The van der Waals surface area contributed by atoms with Gasteiger partial charge in [-0.1, -0.05) is 11.6 Å². The van der Waals surface area contributed by atoms with E-state index in [-0.39, 0.29) is 15.5 Å². The topological polar surface area (TPSA) is 83.5 Å². The van der Waals surface area contributed by atoms with Gasteiger partial charge in [0.25, 0.3) is 0 Å². The van der Waals surface area contributed by atoms with E-state index in [1.807, 2.05) is 0 Å². The Bertz CT molecular complexity index is 497. The Morgan fingerprint density at radius 3 is 2.53 bits per heavy atom. The van der Waals surface area contributed by atoms with Crippen LogP contribution < -0.4 is 4.72 Å². The third-order valence-corrected chi connectivity index (χ3v) is 3.63. The summed E-state index contributed by atoms with van der Waals surface area (Å²) < 4.78 is 24.9. The molecule has 0 unspecified atom stereocenters. The molecule has 0 aliphatic heterocycles. The van der Waals surface area contributed by atoms with Gasteiger partial charge in [-0.2, -0.15) is 0 Å². The molecule has 2 N–H and O–H groups in total. The maximum atomic E-state index is 11.4. The molecule has 0 saturated carbocycles. The van der Waals surface area contributed by atoms with Crippen molar-refractivity contribution >= 4 is 27.6 Å². The van der Waals surface area contributed by atoms with E-state index in [1.165, 1.54) is 19.2 Å². The van der Waals surface area contributed by atoms with Gasteiger partial charge >= 0.3 is 5.97 Å². The quantitative estimate of drug-likeness (QED) is 0.835. The number of carboxylic acids is 1. The van der Waals surface area contributed by atoms with Crippen LogP contribution in [-0.2, 0) is 10.0 Å². The van der Waals surface area contributed by atoms with E-state index >= 15 is 0 Å². The Hall–Kier alpha value is -1.11. The number of sulfonamides is 1. The number of halogens is 1. The second kappa shape index (κ2) is 4.18. The van der Waals surface area contributed by atoms with Gasteiger partial charge in [-0.15, -0.1) is 0 Å². The Morgan fingerprint density at radius 1 is 1.47 bits per heavy atom. The molecule has 0 bridgehead atoms. The molecule has 5 nitrogen and oxygen atoms in total. The third kappa shape index (κ3) is 2.47. The zero-order valence-electron chi connectivity index (χ0n) is 7.69. The lowest BCUT2D eigenvalue weighted by molar-refractivity contribution is 0.0696. The average Bonchev–Trinajstić information content (AvgIpc) is 2.17. The van der Waals surface area contributed by atoms with Crippen LogP contribution in [0.2, 0.25) is 5.02 Å². The van der Waals surface area contributed by atoms with Crippen molar-refractivity contribution in [3.8, 4) is 0 Å². The second-order valence-corrected chi connectivity index (χ2v) is 4.92. The summed E-state index contributed by atoms with van der Waals surface area (Å²) in [5.41, 5.74) is -0.131. The highest BCUT2D eigenvalue weighted by atomic mass is 35.5. The minimum absolute atomic E-state index is 0.0191. The molecule has 0 atom stereocenters. The van der Waals surface area contributed by atoms with Gasteiger partial charge in [-0.25, -0.2) is 17.9 Å². The molecule has 0 spiro atoms. The maximum absolute atomic E-state index is 11.4. The molecule has 0 heterocycles. The Balaban J connectivity index is 3.42. The molecule has 0 aliphatic rings. The van der Waals surface area contributed by atoms with Crippen molar-refractivity contribution in [3.05, 3.63) is 28.8 Å². The normalized spacial score (nSPS) is 11.3. The lowest BCUT2D eigenvalue weighted by Gasteiger charge is -2.05. The maximum Gasteiger partial charge on any atom is 0.335 e. The van der Waals surface area contributed by atoms with Crippen LogP contribution in [0, 0.1) is 0 Å². The van der Waals surface area contributed by atoms with Gasteiger partial charge < -0.3 is 5.11 Å². The Morgan fingerprint density at radius 2 is 2.07 bits per heavy atom. The molecule has 1 aromatic carbocycles. The van der Waals surface area contributed by atoms with E-state index in [0.717, 1.165) is 6.07 Å². The number of carbonyl (C=O) groups is 1. The minimum atomic E-state index is -3.73. The number of nitrogens with one attached hydrogen (secondary N) is 1. The number of hydrogen-bond acceptors (Lipinski definition) is 3. The van der Waals surface area contributed by atoms with Crippen molar-refractivity contribution in [3.63, 3.8) is 0 Å². The van der Waals surface area contributed by atoms with Crippen molar-refractivity contribution in [2.75, 3.05) is 7.05 Å². The molecule has 1 rings (SSSR count). The minimum Gasteiger partial charge on any atom is -0.478 e. The summed E-state index contributed by atoms with van der Waals surface area (Å²) in [4.78, 5) is 10.4. The second-order valence-electron chi connectivity index (χ2n) is 2.66. The first-order valence-electron chi connectivity index (χ1n) is 3.85. The van der Waals surface area contributed by atoms with Crippen molar-refractivity contribution in [1.29, 1.82) is 0 Å². The molecule has 0 saturated heterocycles. The van der Waals surface area contributed by atoms with Gasteiger partial charge in [0.05, 0.1) is 10.6 Å². The monoisotopic (exact) mass is 249 g/mol. The highest BCUT2D eigenvalue weighted by Crippen LogP contribution is 2.22. The molecule has 82 valence electrons. The summed E-state index contributed by atoms with van der Waals surface area (Å²) in [6, 6.07) is 3.48. The summed E-state index contributed by atoms with van der Waals surface area (Å²) in [5.74, 6) is -1.21. The predicted molar refractivity (Wildman–Crippen MR) is 54.7 cm³/mol. The molecule has 0 aromatic heterocycles. The van der Waals surface area contributed by atoms with Crippen LogP contribution in [0.4, 0.5) is 0 Å². The standard InChI is InChI=1S/C8H8ClNO4S/c1-10-15(13,14)7-4-5(8(11)12)2-3-6(7)9/h2-4,10H,1H3,(H,11,12). The van der Waals surface area contributed by atoms with Crippen LogP contribution in [0.15, 0.2) is 23.1 Å². The number of hydrogen-bond donors (Lipinski definition) is 2.